The number of carbonyl (C=O) groups excluding carboxylic acids is 1. The summed E-state index contributed by atoms with van der Waals surface area (Å²) in [5.74, 6) is 1.49. The Bertz CT molecular complexity index is 925. The molecule has 0 saturated heterocycles. The van der Waals surface area contributed by atoms with Crippen LogP contribution in [0.5, 0.6) is 5.75 Å². The van der Waals surface area contributed by atoms with E-state index in [2.05, 4.69) is 67.3 Å². The molecule has 28 heavy (non-hydrogen) atoms. The van der Waals surface area contributed by atoms with E-state index in [1.165, 1.54) is 16.5 Å². The Morgan fingerprint density at radius 3 is 2.50 bits per heavy atom. The highest BCUT2D eigenvalue weighted by Gasteiger charge is 2.22. The molecule has 0 spiro atoms. The lowest BCUT2D eigenvalue weighted by atomic mass is 9.88. The van der Waals surface area contributed by atoms with Gasteiger partial charge in [0.1, 0.15) is 5.75 Å². The summed E-state index contributed by atoms with van der Waals surface area (Å²) in [4.78, 5) is 12.7. The summed E-state index contributed by atoms with van der Waals surface area (Å²) in [6.07, 6.45) is 3.58. The molecule has 1 atom stereocenters. The van der Waals surface area contributed by atoms with Gasteiger partial charge in [-0.1, -0.05) is 44.2 Å². The molecule has 1 N–H and O–H groups in total. The van der Waals surface area contributed by atoms with Gasteiger partial charge in [0.2, 0.25) is 5.91 Å². The Morgan fingerprint density at radius 2 is 1.82 bits per heavy atom. The van der Waals surface area contributed by atoms with Crippen LogP contribution in [0.3, 0.4) is 0 Å². The highest BCUT2D eigenvalue weighted by atomic mass is 16.5. The van der Waals surface area contributed by atoms with Crippen LogP contribution in [0.4, 0.5) is 0 Å². The van der Waals surface area contributed by atoms with Gasteiger partial charge in [-0.15, -0.1) is 0 Å². The molecule has 1 amide bonds. The zero-order valence-corrected chi connectivity index (χ0v) is 17.2. The second-order valence-electron chi connectivity index (χ2n) is 7.77. The van der Waals surface area contributed by atoms with Gasteiger partial charge in [-0.05, 0) is 41.7 Å². The quantitative estimate of drug-likeness (QED) is 0.608. The highest BCUT2D eigenvalue weighted by Crippen LogP contribution is 2.35. The van der Waals surface area contributed by atoms with Crippen molar-refractivity contribution >= 4 is 16.8 Å². The molecule has 0 aliphatic heterocycles. The van der Waals surface area contributed by atoms with Crippen LogP contribution < -0.4 is 10.1 Å². The van der Waals surface area contributed by atoms with Crippen molar-refractivity contribution in [2.45, 2.75) is 32.6 Å². The maximum absolute atomic E-state index is 12.7. The summed E-state index contributed by atoms with van der Waals surface area (Å²) < 4.78 is 7.44. The molecule has 0 aliphatic carbocycles. The third kappa shape index (κ3) is 4.56. The van der Waals surface area contributed by atoms with Crippen molar-refractivity contribution in [2.75, 3.05) is 13.7 Å². The minimum atomic E-state index is -0.00365. The fourth-order valence-electron chi connectivity index (χ4n) is 3.65. The molecule has 0 unspecified atom stereocenters. The number of hydrogen-bond donors (Lipinski definition) is 1. The maximum Gasteiger partial charge on any atom is 0.220 e. The number of aromatic nitrogens is 1. The first-order valence-electron chi connectivity index (χ1n) is 9.94. The molecule has 1 heterocycles. The molecule has 3 rings (SSSR count). The average molecular weight is 379 g/mol. The van der Waals surface area contributed by atoms with Crippen LogP contribution in [-0.4, -0.2) is 24.1 Å². The Hall–Kier alpha value is -2.75. The van der Waals surface area contributed by atoms with Crippen molar-refractivity contribution in [1.29, 1.82) is 0 Å². The third-order valence-corrected chi connectivity index (χ3v) is 5.25. The zero-order chi connectivity index (χ0) is 20.1. The standard InChI is InChI=1S/C24H30N2O2/c1-17(2)13-14-25-24(27)15-21(18-9-11-19(28-4)12-10-18)22-16-26(3)23-8-6-5-7-20(22)23/h5-12,16-17,21H,13-15H2,1-4H3,(H,25,27)/t21-/m0/s1. The van der Waals surface area contributed by atoms with Crippen LogP contribution in [0, 0.1) is 5.92 Å². The zero-order valence-electron chi connectivity index (χ0n) is 17.2. The average Bonchev–Trinajstić information content (AvgIpc) is 3.03. The van der Waals surface area contributed by atoms with E-state index >= 15 is 0 Å². The van der Waals surface area contributed by atoms with Gasteiger partial charge in [0.25, 0.3) is 0 Å². The normalized spacial score (nSPS) is 12.3. The molecule has 3 aromatic rings. The number of ether oxygens (including phenoxy) is 1. The van der Waals surface area contributed by atoms with Gasteiger partial charge in [0.05, 0.1) is 7.11 Å². The van der Waals surface area contributed by atoms with Crippen LogP contribution >= 0.6 is 0 Å². The molecule has 0 saturated carbocycles. The van der Waals surface area contributed by atoms with Crippen molar-refractivity contribution in [3.63, 3.8) is 0 Å². The molecule has 4 heteroatoms. The van der Waals surface area contributed by atoms with Crippen LogP contribution in [0.2, 0.25) is 0 Å². The highest BCUT2D eigenvalue weighted by molar-refractivity contribution is 5.86. The van der Waals surface area contributed by atoms with E-state index in [-0.39, 0.29) is 11.8 Å². The number of benzene rings is 2. The summed E-state index contributed by atoms with van der Waals surface area (Å²) in [5, 5.41) is 4.29. The Balaban J connectivity index is 1.93. The second kappa shape index (κ2) is 8.96. The van der Waals surface area contributed by atoms with Gasteiger partial charge in [-0.25, -0.2) is 0 Å². The number of amides is 1. The lowest BCUT2D eigenvalue weighted by Gasteiger charge is -2.18. The Morgan fingerprint density at radius 1 is 1.11 bits per heavy atom. The monoisotopic (exact) mass is 378 g/mol. The number of nitrogens with zero attached hydrogens (tertiary/aromatic N) is 1. The van der Waals surface area contributed by atoms with E-state index < -0.39 is 0 Å². The SMILES string of the molecule is COc1ccc([C@H](CC(=O)NCCC(C)C)c2cn(C)c3ccccc23)cc1. The maximum atomic E-state index is 12.7. The first kappa shape index (κ1) is 20.0. The van der Waals surface area contributed by atoms with Crippen molar-refractivity contribution in [3.8, 4) is 5.75 Å². The van der Waals surface area contributed by atoms with E-state index in [0.29, 0.717) is 12.3 Å². The number of para-hydroxylation sites is 1. The lowest BCUT2D eigenvalue weighted by molar-refractivity contribution is -0.121. The smallest absolute Gasteiger partial charge is 0.220 e. The second-order valence-corrected chi connectivity index (χ2v) is 7.77. The summed E-state index contributed by atoms with van der Waals surface area (Å²) in [7, 11) is 3.72. The van der Waals surface area contributed by atoms with Gasteiger partial charge in [0, 0.05) is 43.0 Å². The number of fused-ring (bicyclic) bond motifs is 1. The summed E-state index contributed by atoms with van der Waals surface area (Å²) in [6, 6.07) is 16.4. The Labute approximate surface area is 167 Å². The van der Waals surface area contributed by atoms with Crippen molar-refractivity contribution in [3.05, 3.63) is 65.9 Å². The van der Waals surface area contributed by atoms with Crippen LogP contribution in [-0.2, 0) is 11.8 Å². The van der Waals surface area contributed by atoms with Gasteiger partial charge in [-0.2, -0.15) is 0 Å². The number of methoxy groups -OCH3 is 1. The van der Waals surface area contributed by atoms with Gasteiger partial charge in [0.15, 0.2) is 0 Å². The van der Waals surface area contributed by atoms with Crippen LogP contribution in [0.25, 0.3) is 10.9 Å². The molecule has 148 valence electrons. The van der Waals surface area contributed by atoms with E-state index in [4.69, 9.17) is 4.74 Å². The summed E-state index contributed by atoms with van der Waals surface area (Å²) in [5.41, 5.74) is 3.48. The lowest BCUT2D eigenvalue weighted by Crippen LogP contribution is -2.27. The fourth-order valence-corrected chi connectivity index (χ4v) is 3.65. The largest absolute Gasteiger partial charge is 0.497 e. The molecular formula is C24H30N2O2. The van der Waals surface area contributed by atoms with Crippen molar-refractivity contribution < 1.29 is 9.53 Å². The predicted octanol–water partition coefficient (Wildman–Crippen LogP) is 4.87. The molecule has 4 nitrogen and oxygen atoms in total. The van der Waals surface area contributed by atoms with Crippen LogP contribution in [0.1, 0.15) is 43.7 Å². The number of hydrogen-bond acceptors (Lipinski definition) is 2. The van der Waals surface area contributed by atoms with Gasteiger partial charge >= 0.3 is 0 Å². The van der Waals surface area contributed by atoms with E-state index in [1.54, 1.807) is 7.11 Å². The molecule has 1 aromatic heterocycles. The molecule has 0 bridgehead atoms. The minimum Gasteiger partial charge on any atom is -0.497 e. The first-order chi connectivity index (χ1) is 13.5. The number of carbonyl (C=O) groups is 1. The molecular weight excluding hydrogens is 348 g/mol. The van der Waals surface area contributed by atoms with Gasteiger partial charge in [-0.3, -0.25) is 4.79 Å². The number of nitrogens with one attached hydrogen (secondary N) is 1. The number of rotatable bonds is 8. The van der Waals surface area contributed by atoms with Gasteiger partial charge < -0.3 is 14.6 Å². The van der Waals surface area contributed by atoms with E-state index in [0.717, 1.165) is 24.3 Å². The number of aryl methyl sites for hydroxylation is 1. The summed E-state index contributed by atoms with van der Waals surface area (Å²) >= 11 is 0. The molecule has 0 aliphatic rings. The summed E-state index contributed by atoms with van der Waals surface area (Å²) in [6.45, 7) is 5.06. The molecule has 2 aromatic carbocycles. The fraction of sp³-hybridized carbons (Fsp3) is 0.375. The topological polar surface area (TPSA) is 43.3 Å². The minimum absolute atomic E-state index is 0.00365. The van der Waals surface area contributed by atoms with Crippen LogP contribution in [0.15, 0.2) is 54.7 Å². The molecule has 0 fully saturated rings. The van der Waals surface area contributed by atoms with Crippen molar-refractivity contribution in [2.24, 2.45) is 13.0 Å². The molecule has 0 radical (unpaired) electrons. The Kier molecular flexibility index (Phi) is 6.40. The van der Waals surface area contributed by atoms with Crippen molar-refractivity contribution in [1.82, 2.24) is 9.88 Å². The third-order valence-electron chi connectivity index (χ3n) is 5.25. The first-order valence-corrected chi connectivity index (χ1v) is 9.94. The predicted molar refractivity (Wildman–Crippen MR) is 115 cm³/mol. The van der Waals surface area contributed by atoms with E-state index in [1.807, 2.05) is 18.2 Å². The van der Waals surface area contributed by atoms with E-state index in [9.17, 15) is 4.79 Å².